The zero-order chi connectivity index (χ0) is 14.8. The number of nitrogens with one attached hydrogen (secondary N) is 1. The van der Waals surface area contributed by atoms with Crippen molar-refractivity contribution in [1.29, 1.82) is 0 Å². The molecule has 108 valence electrons. The highest BCUT2D eigenvalue weighted by molar-refractivity contribution is 7.89. The lowest BCUT2D eigenvalue weighted by atomic mass is 10.3. The van der Waals surface area contributed by atoms with Gasteiger partial charge in [0.25, 0.3) is 0 Å². The molecule has 0 aliphatic heterocycles. The van der Waals surface area contributed by atoms with Crippen molar-refractivity contribution in [3.05, 3.63) is 46.2 Å². The van der Waals surface area contributed by atoms with Gasteiger partial charge in [0.1, 0.15) is 15.7 Å². The van der Waals surface area contributed by atoms with E-state index in [1.165, 1.54) is 29.5 Å². The van der Waals surface area contributed by atoms with Gasteiger partial charge in [-0.05, 0) is 25.5 Å². The van der Waals surface area contributed by atoms with Gasteiger partial charge in [0.15, 0.2) is 0 Å². The van der Waals surface area contributed by atoms with Gasteiger partial charge in [-0.15, -0.1) is 11.3 Å². The molecule has 4 nitrogen and oxygen atoms in total. The molecule has 0 saturated heterocycles. The Morgan fingerprint density at radius 2 is 2.10 bits per heavy atom. The van der Waals surface area contributed by atoms with E-state index in [0.29, 0.717) is 5.01 Å². The highest BCUT2D eigenvalue weighted by Gasteiger charge is 2.22. The quantitative estimate of drug-likeness (QED) is 0.923. The second-order valence-electron chi connectivity index (χ2n) is 4.29. The maximum absolute atomic E-state index is 13.6. The predicted molar refractivity (Wildman–Crippen MR) is 76.6 cm³/mol. The van der Waals surface area contributed by atoms with Gasteiger partial charge < -0.3 is 0 Å². The number of hydrogen-bond acceptors (Lipinski definition) is 4. The van der Waals surface area contributed by atoms with Gasteiger partial charge in [-0.3, -0.25) is 0 Å². The molecule has 0 spiro atoms. The molecule has 2 aromatic rings. The molecule has 20 heavy (non-hydrogen) atoms. The van der Waals surface area contributed by atoms with E-state index in [1.807, 2.05) is 6.92 Å². The van der Waals surface area contributed by atoms with Gasteiger partial charge in [-0.1, -0.05) is 19.1 Å². The summed E-state index contributed by atoms with van der Waals surface area (Å²) >= 11 is 1.45. The number of benzene rings is 1. The molecule has 1 heterocycles. The molecule has 7 heteroatoms. The molecule has 1 aromatic carbocycles. The third-order valence-electron chi connectivity index (χ3n) is 2.75. The molecule has 1 atom stereocenters. The van der Waals surface area contributed by atoms with Crippen molar-refractivity contribution in [3.63, 3.8) is 0 Å². The Morgan fingerprint density at radius 1 is 1.40 bits per heavy atom. The summed E-state index contributed by atoms with van der Waals surface area (Å²) in [7, 11) is -3.89. The number of aromatic nitrogens is 1. The lowest BCUT2D eigenvalue weighted by Gasteiger charge is -2.12. The van der Waals surface area contributed by atoms with Crippen LogP contribution in [0.5, 0.6) is 0 Å². The van der Waals surface area contributed by atoms with E-state index in [0.717, 1.165) is 17.4 Å². The zero-order valence-corrected chi connectivity index (χ0v) is 12.8. The average molecular weight is 314 g/mol. The third kappa shape index (κ3) is 3.23. The molecule has 1 N–H and O–H groups in total. The monoisotopic (exact) mass is 314 g/mol. The van der Waals surface area contributed by atoms with Crippen molar-refractivity contribution in [2.45, 2.75) is 31.2 Å². The zero-order valence-electron chi connectivity index (χ0n) is 11.1. The Kier molecular flexibility index (Phi) is 4.52. The fourth-order valence-corrected chi connectivity index (χ4v) is 3.92. The van der Waals surface area contributed by atoms with Crippen LogP contribution in [0.4, 0.5) is 4.39 Å². The highest BCUT2D eigenvalue weighted by Crippen LogP contribution is 2.23. The number of aryl methyl sites for hydroxylation is 1. The minimum Gasteiger partial charge on any atom is -0.248 e. The van der Waals surface area contributed by atoms with Crippen LogP contribution >= 0.6 is 11.3 Å². The molecule has 0 radical (unpaired) electrons. The van der Waals surface area contributed by atoms with E-state index in [-0.39, 0.29) is 4.90 Å². The summed E-state index contributed by atoms with van der Waals surface area (Å²) in [4.78, 5) is 4.92. The number of thiazole rings is 1. The SMILES string of the molecule is CCc1cnc(C(C)NS(=O)(=O)c2ccccc2F)s1. The fraction of sp³-hybridized carbons (Fsp3) is 0.308. The highest BCUT2D eigenvalue weighted by atomic mass is 32.2. The molecule has 2 rings (SSSR count). The maximum Gasteiger partial charge on any atom is 0.244 e. The summed E-state index contributed by atoms with van der Waals surface area (Å²) < 4.78 is 40.3. The summed E-state index contributed by atoms with van der Waals surface area (Å²) in [6.45, 7) is 3.70. The Balaban J connectivity index is 2.22. The largest absolute Gasteiger partial charge is 0.248 e. The van der Waals surface area contributed by atoms with Crippen LogP contribution in [0.15, 0.2) is 35.4 Å². The van der Waals surface area contributed by atoms with Crippen molar-refractivity contribution in [1.82, 2.24) is 9.71 Å². The van der Waals surface area contributed by atoms with Gasteiger partial charge in [0.2, 0.25) is 10.0 Å². The number of rotatable bonds is 5. The van der Waals surface area contributed by atoms with E-state index in [1.54, 1.807) is 13.1 Å². The number of nitrogens with zero attached hydrogens (tertiary/aromatic N) is 1. The minimum absolute atomic E-state index is 0.348. The standard InChI is InChI=1S/C13H15FN2O2S2/c1-3-10-8-15-13(19-10)9(2)16-20(17,18)12-7-5-4-6-11(12)14/h4-9,16H,3H2,1-2H3. The summed E-state index contributed by atoms with van der Waals surface area (Å²) in [6, 6.07) is 4.80. The summed E-state index contributed by atoms with van der Waals surface area (Å²) in [5.74, 6) is -0.763. The Bertz CT molecular complexity index is 698. The van der Waals surface area contributed by atoms with E-state index in [4.69, 9.17) is 0 Å². The third-order valence-corrected chi connectivity index (χ3v) is 5.65. The van der Waals surface area contributed by atoms with Crippen molar-refractivity contribution in [3.8, 4) is 0 Å². The van der Waals surface area contributed by atoms with Gasteiger partial charge >= 0.3 is 0 Å². The topological polar surface area (TPSA) is 59.1 Å². The molecule has 0 aliphatic rings. The van der Waals surface area contributed by atoms with Crippen LogP contribution in [0, 0.1) is 5.82 Å². The molecule has 1 unspecified atom stereocenters. The van der Waals surface area contributed by atoms with Crippen LogP contribution < -0.4 is 4.72 Å². The average Bonchev–Trinajstić information content (AvgIpc) is 2.87. The minimum atomic E-state index is -3.89. The van der Waals surface area contributed by atoms with Crippen LogP contribution in [0.25, 0.3) is 0 Å². The predicted octanol–water partition coefficient (Wildman–Crippen LogP) is 2.88. The summed E-state index contributed by atoms with van der Waals surface area (Å²) in [5.41, 5.74) is 0. The van der Waals surface area contributed by atoms with Gasteiger partial charge in [-0.2, -0.15) is 0 Å². The van der Waals surface area contributed by atoms with Gasteiger partial charge in [-0.25, -0.2) is 22.5 Å². The van der Waals surface area contributed by atoms with E-state index in [9.17, 15) is 12.8 Å². The first-order valence-electron chi connectivity index (χ1n) is 6.15. The first kappa shape index (κ1) is 15.1. The molecule has 0 saturated carbocycles. The second kappa shape index (κ2) is 5.99. The summed E-state index contributed by atoms with van der Waals surface area (Å²) in [5, 5.41) is 0.668. The van der Waals surface area contributed by atoms with E-state index in [2.05, 4.69) is 9.71 Å². The first-order valence-corrected chi connectivity index (χ1v) is 8.45. The number of halogens is 1. The first-order chi connectivity index (χ1) is 9.44. The van der Waals surface area contributed by atoms with Crippen LogP contribution in [0.1, 0.15) is 29.8 Å². The number of sulfonamides is 1. The van der Waals surface area contributed by atoms with E-state index >= 15 is 0 Å². The van der Waals surface area contributed by atoms with Crippen molar-refractivity contribution in [2.24, 2.45) is 0 Å². The molecule has 0 aliphatic carbocycles. The maximum atomic E-state index is 13.6. The van der Waals surface area contributed by atoms with Crippen LogP contribution in [0.2, 0.25) is 0 Å². The lowest BCUT2D eigenvalue weighted by Crippen LogP contribution is -2.27. The summed E-state index contributed by atoms with van der Waals surface area (Å²) in [6.07, 6.45) is 2.58. The van der Waals surface area contributed by atoms with Crippen molar-refractivity contribution < 1.29 is 12.8 Å². The number of hydrogen-bond donors (Lipinski definition) is 1. The van der Waals surface area contributed by atoms with Crippen LogP contribution in [-0.4, -0.2) is 13.4 Å². The lowest BCUT2D eigenvalue weighted by molar-refractivity contribution is 0.546. The second-order valence-corrected chi connectivity index (χ2v) is 7.12. The van der Waals surface area contributed by atoms with Crippen molar-refractivity contribution >= 4 is 21.4 Å². The Labute approximate surface area is 121 Å². The van der Waals surface area contributed by atoms with Gasteiger partial charge in [0.05, 0.1) is 6.04 Å². The van der Waals surface area contributed by atoms with E-state index < -0.39 is 21.9 Å². The molecule has 0 fully saturated rings. The Hall–Kier alpha value is -1.31. The Morgan fingerprint density at radius 3 is 2.70 bits per heavy atom. The smallest absolute Gasteiger partial charge is 0.244 e. The molecular formula is C13H15FN2O2S2. The molecule has 0 bridgehead atoms. The van der Waals surface area contributed by atoms with Crippen LogP contribution in [-0.2, 0) is 16.4 Å². The van der Waals surface area contributed by atoms with Crippen molar-refractivity contribution in [2.75, 3.05) is 0 Å². The normalized spacial score (nSPS) is 13.3. The molecular weight excluding hydrogens is 299 g/mol. The van der Waals surface area contributed by atoms with Crippen LogP contribution in [0.3, 0.4) is 0 Å². The fourth-order valence-electron chi connectivity index (χ4n) is 1.70. The molecule has 0 amide bonds. The van der Waals surface area contributed by atoms with Gasteiger partial charge in [0, 0.05) is 11.1 Å². The molecule has 1 aromatic heterocycles.